The minimum atomic E-state index is -0.381. The lowest BCUT2D eigenvalue weighted by molar-refractivity contribution is 0.180. The van der Waals surface area contributed by atoms with Gasteiger partial charge in [0, 0.05) is 12.6 Å². The second kappa shape index (κ2) is 5.13. The molecule has 0 radical (unpaired) electrons. The summed E-state index contributed by atoms with van der Waals surface area (Å²) < 4.78 is 18.5. The van der Waals surface area contributed by atoms with Crippen LogP contribution in [0.3, 0.4) is 0 Å². The molecule has 1 fully saturated rings. The molecule has 1 heterocycles. The topological polar surface area (TPSA) is 35.2 Å². The summed E-state index contributed by atoms with van der Waals surface area (Å²) in [5, 5.41) is 0.154. The molecule has 0 bridgehead atoms. The number of ether oxygens (including phenoxy) is 1. The van der Waals surface area contributed by atoms with Gasteiger partial charge in [-0.05, 0) is 36.5 Å². The number of halogens is 2. The van der Waals surface area contributed by atoms with E-state index in [1.165, 1.54) is 6.07 Å². The lowest BCUT2D eigenvalue weighted by Crippen LogP contribution is -2.32. The second-order valence-electron chi connectivity index (χ2n) is 4.24. The van der Waals surface area contributed by atoms with Gasteiger partial charge in [0.25, 0.3) is 0 Å². The average Bonchev–Trinajstić information content (AvgIpc) is 2.77. The van der Waals surface area contributed by atoms with Gasteiger partial charge in [0.2, 0.25) is 0 Å². The summed E-state index contributed by atoms with van der Waals surface area (Å²) >= 11 is 5.62. The predicted octanol–water partition coefficient (Wildman–Crippen LogP) is 2.39. The first-order valence-electron chi connectivity index (χ1n) is 5.44. The smallest absolute Gasteiger partial charge is 0.142 e. The Hall–Kier alpha value is -0.640. The zero-order valence-electron chi connectivity index (χ0n) is 8.96. The van der Waals surface area contributed by atoms with Crippen LogP contribution in [-0.4, -0.2) is 19.3 Å². The van der Waals surface area contributed by atoms with Crippen molar-refractivity contribution >= 4 is 11.6 Å². The van der Waals surface area contributed by atoms with Crippen LogP contribution in [0.4, 0.5) is 4.39 Å². The van der Waals surface area contributed by atoms with Crippen LogP contribution in [-0.2, 0) is 11.2 Å². The highest BCUT2D eigenvalue weighted by atomic mass is 35.5. The summed E-state index contributed by atoms with van der Waals surface area (Å²) in [6.45, 7) is 1.50. The summed E-state index contributed by atoms with van der Waals surface area (Å²) in [6.07, 6.45) is 1.67. The van der Waals surface area contributed by atoms with Crippen LogP contribution in [0.2, 0.25) is 5.02 Å². The summed E-state index contributed by atoms with van der Waals surface area (Å²) in [6, 6.07) is 4.88. The number of hydrogen-bond acceptors (Lipinski definition) is 2. The Morgan fingerprint density at radius 3 is 3.00 bits per heavy atom. The molecular weight excluding hydrogens is 229 g/mol. The lowest BCUT2D eigenvalue weighted by Gasteiger charge is -2.17. The van der Waals surface area contributed by atoms with Gasteiger partial charge in [0.15, 0.2) is 0 Å². The normalized spacial score (nSPS) is 22.3. The van der Waals surface area contributed by atoms with Crippen molar-refractivity contribution in [2.24, 2.45) is 11.7 Å². The Morgan fingerprint density at radius 1 is 1.56 bits per heavy atom. The van der Waals surface area contributed by atoms with Crippen LogP contribution >= 0.6 is 11.6 Å². The molecule has 0 aromatic heterocycles. The zero-order valence-corrected chi connectivity index (χ0v) is 9.71. The lowest BCUT2D eigenvalue weighted by atomic mass is 9.94. The highest BCUT2D eigenvalue weighted by molar-refractivity contribution is 6.30. The molecule has 4 heteroatoms. The van der Waals surface area contributed by atoms with E-state index in [1.807, 2.05) is 6.07 Å². The molecule has 2 nitrogen and oxygen atoms in total. The van der Waals surface area contributed by atoms with Gasteiger partial charge in [-0.2, -0.15) is 0 Å². The maximum absolute atomic E-state index is 13.2. The molecule has 1 aromatic rings. The van der Waals surface area contributed by atoms with E-state index in [4.69, 9.17) is 22.1 Å². The minimum absolute atomic E-state index is 0.0306. The Morgan fingerprint density at radius 2 is 2.38 bits per heavy atom. The molecule has 0 amide bonds. The number of benzene rings is 1. The summed E-state index contributed by atoms with van der Waals surface area (Å²) in [7, 11) is 0. The molecule has 1 aromatic carbocycles. The average molecular weight is 244 g/mol. The Balaban J connectivity index is 1.99. The molecule has 0 aliphatic carbocycles. The third-order valence-corrected chi connectivity index (χ3v) is 3.33. The quantitative estimate of drug-likeness (QED) is 0.885. The van der Waals surface area contributed by atoms with Crippen molar-refractivity contribution < 1.29 is 9.13 Å². The van der Waals surface area contributed by atoms with E-state index in [-0.39, 0.29) is 16.9 Å². The number of hydrogen-bond donors (Lipinski definition) is 1. The van der Waals surface area contributed by atoms with Crippen molar-refractivity contribution in [2.45, 2.75) is 18.9 Å². The molecule has 0 saturated carbocycles. The van der Waals surface area contributed by atoms with Crippen LogP contribution in [0, 0.1) is 11.7 Å². The SMILES string of the molecule is NC(Cc1ccc(Cl)c(F)c1)C1CCOC1. The van der Waals surface area contributed by atoms with Crippen molar-refractivity contribution in [2.75, 3.05) is 13.2 Å². The summed E-state index contributed by atoms with van der Waals surface area (Å²) in [5.41, 5.74) is 6.95. The van der Waals surface area contributed by atoms with Crippen LogP contribution < -0.4 is 5.73 Å². The van der Waals surface area contributed by atoms with Gasteiger partial charge in [0.05, 0.1) is 11.6 Å². The van der Waals surface area contributed by atoms with Crippen molar-refractivity contribution in [3.05, 3.63) is 34.6 Å². The molecule has 0 spiro atoms. The van der Waals surface area contributed by atoms with Gasteiger partial charge in [-0.15, -0.1) is 0 Å². The van der Waals surface area contributed by atoms with Crippen LogP contribution in [0.25, 0.3) is 0 Å². The Bertz CT molecular complexity index is 366. The van der Waals surface area contributed by atoms with Gasteiger partial charge in [-0.3, -0.25) is 0 Å². The molecule has 1 saturated heterocycles. The molecular formula is C12H15ClFNO. The molecule has 2 atom stereocenters. The zero-order chi connectivity index (χ0) is 11.5. The summed E-state index contributed by atoms with van der Waals surface area (Å²) in [4.78, 5) is 0. The van der Waals surface area contributed by atoms with E-state index < -0.39 is 0 Å². The first kappa shape index (κ1) is 11.8. The van der Waals surface area contributed by atoms with E-state index in [0.717, 1.165) is 25.2 Å². The van der Waals surface area contributed by atoms with E-state index in [9.17, 15) is 4.39 Å². The third kappa shape index (κ3) is 2.73. The van der Waals surface area contributed by atoms with Crippen molar-refractivity contribution in [3.63, 3.8) is 0 Å². The maximum Gasteiger partial charge on any atom is 0.142 e. The predicted molar refractivity (Wildman–Crippen MR) is 62.0 cm³/mol. The fraction of sp³-hybridized carbons (Fsp3) is 0.500. The molecule has 2 rings (SSSR count). The molecule has 2 unspecified atom stereocenters. The van der Waals surface area contributed by atoms with E-state index in [0.29, 0.717) is 12.3 Å². The molecule has 1 aliphatic rings. The molecule has 88 valence electrons. The second-order valence-corrected chi connectivity index (χ2v) is 4.65. The fourth-order valence-electron chi connectivity index (χ4n) is 2.00. The van der Waals surface area contributed by atoms with E-state index in [1.54, 1.807) is 6.07 Å². The third-order valence-electron chi connectivity index (χ3n) is 3.03. The van der Waals surface area contributed by atoms with Gasteiger partial charge >= 0.3 is 0 Å². The van der Waals surface area contributed by atoms with Gasteiger partial charge in [0.1, 0.15) is 5.82 Å². The fourth-order valence-corrected chi connectivity index (χ4v) is 2.11. The first-order valence-corrected chi connectivity index (χ1v) is 5.82. The van der Waals surface area contributed by atoms with Crippen LogP contribution in [0.1, 0.15) is 12.0 Å². The van der Waals surface area contributed by atoms with Crippen molar-refractivity contribution in [3.8, 4) is 0 Å². The standard InChI is InChI=1S/C12H15ClFNO/c13-10-2-1-8(5-11(10)14)6-12(15)9-3-4-16-7-9/h1-2,5,9,12H,3-4,6-7,15H2. The molecule has 1 aliphatic heterocycles. The van der Waals surface area contributed by atoms with Gasteiger partial charge in [-0.1, -0.05) is 17.7 Å². The molecule has 16 heavy (non-hydrogen) atoms. The van der Waals surface area contributed by atoms with Gasteiger partial charge < -0.3 is 10.5 Å². The van der Waals surface area contributed by atoms with Crippen molar-refractivity contribution in [1.29, 1.82) is 0 Å². The van der Waals surface area contributed by atoms with Crippen LogP contribution in [0.15, 0.2) is 18.2 Å². The van der Waals surface area contributed by atoms with Crippen LogP contribution in [0.5, 0.6) is 0 Å². The highest BCUT2D eigenvalue weighted by Crippen LogP contribution is 2.20. The van der Waals surface area contributed by atoms with Crippen molar-refractivity contribution in [1.82, 2.24) is 0 Å². The largest absolute Gasteiger partial charge is 0.381 e. The number of rotatable bonds is 3. The summed E-state index contributed by atoms with van der Waals surface area (Å²) in [5.74, 6) is 0.00720. The van der Waals surface area contributed by atoms with E-state index >= 15 is 0 Å². The minimum Gasteiger partial charge on any atom is -0.381 e. The monoisotopic (exact) mass is 243 g/mol. The van der Waals surface area contributed by atoms with E-state index in [2.05, 4.69) is 0 Å². The number of nitrogens with two attached hydrogens (primary N) is 1. The maximum atomic E-state index is 13.2. The molecule has 2 N–H and O–H groups in total. The Labute approximate surface area is 99.5 Å². The highest BCUT2D eigenvalue weighted by Gasteiger charge is 2.22. The van der Waals surface area contributed by atoms with Gasteiger partial charge in [-0.25, -0.2) is 4.39 Å². The first-order chi connectivity index (χ1) is 7.66. The Kier molecular flexibility index (Phi) is 3.79.